The van der Waals surface area contributed by atoms with Crippen LogP contribution in [0.25, 0.3) is 0 Å². The quantitative estimate of drug-likeness (QED) is 0.696. The highest BCUT2D eigenvalue weighted by molar-refractivity contribution is 4.89. The summed E-state index contributed by atoms with van der Waals surface area (Å²) >= 11 is 0. The van der Waals surface area contributed by atoms with E-state index in [0.717, 1.165) is 12.3 Å². The Bertz CT molecular complexity index is 253. The normalized spacial score (nSPS) is 27.8. The molecule has 1 aliphatic rings. The highest BCUT2D eigenvalue weighted by Gasteiger charge is 2.35. The van der Waals surface area contributed by atoms with Crippen molar-refractivity contribution in [2.45, 2.75) is 52.2 Å². The fraction of sp³-hybridized carbons (Fsp3) is 1.00. The predicted molar refractivity (Wildman–Crippen MR) is 82.1 cm³/mol. The lowest BCUT2D eigenvalue weighted by molar-refractivity contribution is -0.0506. The second-order valence-electron chi connectivity index (χ2n) is 6.79. The first-order valence-electron chi connectivity index (χ1n) is 7.84. The Morgan fingerprint density at radius 1 is 1.05 bits per heavy atom. The first-order chi connectivity index (χ1) is 9.49. The van der Waals surface area contributed by atoms with Crippen molar-refractivity contribution in [1.82, 2.24) is 5.32 Å². The van der Waals surface area contributed by atoms with Crippen LogP contribution in [0.3, 0.4) is 0 Å². The summed E-state index contributed by atoms with van der Waals surface area (Å²) in [7, 11) is 3.72. The molecule has 0 aromatic heterocycles. The first-order valence-corrected chi connectivity index (χ1v) is 7.84. The third kappa shape index (κ3) is 6.08. The third-order valence-electron chi connectivity index (χ3n) is 4.38. The van der Waals surface area contributed by atoms with Crippen LogP contribution in [-0.4, -0.2) is 52.7 Å². The fourth-order valence-electron chi connectivity index (χ4n) is 2.93. The van der Waals surface area contributed by atoms with Crippen molar-refractivity contribution in [2.24, 2.45) is 11.3 Å². The second kappa shape index (κ2) is 8.98. The van der Waals surface area contributed by atoms with Gasteiger partial charge in [0, 0.05) is 13.2 Å². The molecule has 1 saturated carbocycles. The lowest BCUT2D eigenvalue weighted by Crippen LogP contribution is -2.46. The molecule has 4 nitrogen and oxygen atoms in total. The van der Waals surface area contributed by atoms with Gasteiger partial charge in [0.2, 0.25) is 0 Å². The molecule has 0 aromatic carbocycles. The smallest absolute Gasteiger partial charge is 0.0731 e. The number of rotatable bonds is 8. The summed E-state index contributed by atoms with van der Waals surface area (Å²) in [6, 6.07) is 0.479. The van der Waals surface area contributed by atoms with E-state index in [1.54, 1.807) is 7.11 Å². The molecule has 0 amide bonds. The molecule has 0 aromatic rings. The maximum absolute atomic E-state index is 6.06. The molecular formula is C16H33NO3. The topological polar surface area (TPSA) is 39.7 Å². The molecular weight excluding hydrogens is 254 g/mol. The van der Waals surface area contributed by atoms with Crippen molar-refractivity contribution >= 4 is 0 Å². The molecule has 20 heavy (non-hydrogen) atoms. The van der Waals surface area contributed by atoms with Gasteiger partial charge in [-0.15, -0.1) is 0 Å². The highest BCUT2D eigenvalue weighted by Crippen LogP contribution is 2.38. The fourth-order valence-corrected chi connectivity index (χ4v) is 2.93. The van der Waals surface area contributed by atoms with Gasteiger partial charge in [-0.2, -0.15) is 0 Å². The Morgan fingerprint density at radius 2 is 1.75 bits per heavy atom. The summed E-state index contributed by atoms with van der Waals surface area (Å²) < 4.78 is 16.5. The van der Waals surface area contributed by atoms with Crippen molar-refractivity contribution in [3.63, 3.8) is 0 Å². The van der Waals surface area contributed by atoms with E-state index in [9.17, 15) is 0 Å². The van der Waals surface area contributed by atoms with Crippen molar-refractivity contribution in [3.8, 4) is 0 Å². The second-order valence-corrected chi connectivity index (χ2v) is 6.79. The molecule has 0 saturated heterocycles. The van der Waals surface area contributed by atoms with Crippen LogP contribution in [0.5, 0.6) is 0 Å². The van der Waals surface area contributed by atoms with Crippen molar-refractivity contribution in [1.29, 1.82) is 0 Å². The third-order valence-corrected chi connectivity index (χ3v) is 4.38. The summed E-state index contributed by atoms with van der Waals surface area (Å²) in [5, 5.41) is 3.40. The number of hydrogen-bond donors (Lipinski definition) is 1. The molecule has 0 bridgehead atoms. The zero-order valence-electron chi connectivity index (χ0n) is 13.9. The Morgan fingerprint density at radius 3 is 2.35 bits per heavy atom. The van der Waals surface area contributed by atoms with Gasteiger partial charge in [-0.25, -0.2) is 0 Å². The average Bonchev–Trinajstić information content (AvgIpc) is 2.41. The van der Waals surface area contributed by atoms with E-state index in [-0.39, 0.29) is 0 Å². The Kier molecular flexibility index (Phi) is 8.03. The van der Waals surface area contributed by atoms with E-state index in [1.165, 1.54) is 12.8 Å². The highest BCUT2D eigenvalue weighted by atomic mass is 16.5. The number of likely N-dealkylation sites (N-methyl/N-ethyl adjacent to an activating group) is 1. The monoisotopic (exact) mass is 287 g/mol. The van der Waals surface area contributed by atoms with Gasteiger partial charge in [-0.05, 0) is 37.6 Å². The number of ether oxygens (including phenoxy) is 3. The van der Waals surface area contributed by atoms with Crippen LogP contribution < -0.4 is 5.32 Å². The minimum atomic E-state index is 0.309. The average molecular weight is 287 g/mol. The van der Waals surface area contributed by atoms with E-state index in [2.05, 4.69) is 26.1 Å². The SMILES string of the molecule is CNC1CCC(C(C)(C)C)CC1OCCOCCOC. The Balaban J connectivity index is 2.31. The number of methoxy groups -OCH3 is 1. The van der Waals surface area contributed by atoms with Crippen molar-refractivity contribution in [3.05, 3.63) is 0 Å². The summed E-state index contributed by atoms with van der Waals surface area (Å²) in [5.41, 5.74) is 0.370. The van der Waals surface area contributed by atoms with Gasteiger partial charge in [0.1, 0.15) is 0 Å². The molecule has 0 radical (unpaired) electrons. The number of hydrogen-bond acceptors (Lipinski definition) is 4. The van der Waals surface area contributed by atoms with Crippen LogP contribution in [-0.2, 0) is 14.2 Å². The molecule has 0 aliphatic heterocycles. The minimum absolute atomic E-state index is 0.309. The molecule has 120 valence electrons. The van der Waals surface area contributed by atoms with Crippen LogP contribution >= 0.6 is 0 Å². The molecule has 0 spiro atoms. The lowest BCUT2D eigenvalue weighted by atomic mass is 9.70. The van der Waals surface area contributed by atoms with Gasteiger partial charge in [-0.3, -0.25) is 0 Å². The standard InChI is InChI=1S/C16H33NO3/c1-16(2,3)13-6-7-14(17-4)15(12-13)20-11-10-19-9-8-18-5/h13-15,17H,6-12H2,1-5H3. The zero-order chi connectivity index (χ0) is 15.0. The van der Waals surface area contributed by atoms with E-state index in [0.29, 0.717) is 44.0 Å². The summed E-state index contributed by atoms with van der Waals surface area (Å²) in [5.74, 6) is 0.742. The van der Waals surface area contributed by atoms with Gasteiger partial charge in [-0.1, -0.05) is 20.8 Å². The predicted octanol–water partition coefficient (Wildman–Crippen LogP) is 2.47. The van der Waals surface area contributed by atoms with Crippen LogP contribution in [0.1, 0.15) is 40.0 Å². The molecule has 0 heterocycles. The molecule has 1 fully saturated rings. The van der Waals surface area contributed by atoms with Crippen molar-refractivity contribution in [2.75, 3.05) is 40.6 Å². The molecule has 3 atom stereocenters. The summed E-state index contributed by atoms with van der Waals surface area (Å²) in [6.07, 6.45) is 3.95. The summed E-state index contributed by atoms with van der Waals surface area (Å²) in [6.45, 7) is 9.62. The van der Waals surface area contributed by atoms with Crippen LogP contribution in [0.15, 0.2) is 0 Å². The summed E-state index contributed by atoms with van der Waals surface area (Å²) in [4.78, 5) is 0. The molecule has 1 rings (SSSR count). The minimum Gasteiger partial charge on any atom is -0.382 e. The molecule has 1 aliphatic carbocycles. The maximum Gasteiger partial charge on any atom is 0.0731 e. The van der Waals surface area contributed by atoms with Gasteiger partial charge in [0.05, 0.1) is 32.5 Å². The largest absolute Gasteiger partial charge is 0.382 e. The van der Waals surface area contributed by atoms with Crippen LogP contribution in [0.2, 0.25) is 0 Å². The molecule has 3 unspecified atom stereocenters. The van der Waals surface area contributed by atoms with E-state index < -0.39 is 0 Å². The van der Waals surface area contributed by atoms with Gasteiger partial charge < -0.3 is 19.5 Å². The van der Waals surface area contributed by atoms with Gasteiger partial charge in [0.25, 0.3) is 0 Å². The van der Waals surface area contributed by atoms with Gasteiger partial charge >= 0.3 is 0 Å². The maximum atomic E-state index is 6.06. The van der Waals surface area contributed by atoms with Gasteiger partial charge in [0.15, 0.2) is 0 Å². The van der Waals surface area contributed by atoms with Crippen molar-refractivity contribution < 1.29 is 14.2 Å². The van der Waals surface area contributed by atoms with E-state index >= 15 is 0 Å². The van der Waals surface area contributed by atoms with E-state index in [1.807, 2.05) is 7.05 Å². The zero-order valence-corrected chi connectivity index (χ0v) is 13.9. The Hall–Kier alpha value is -0.160. The molecule has 4 heteroatoms. The van der Waals surface area contributed by atoms with Crippen LogP contribution in [0, 0.1) is 11.3 Å². The van der Waals surface area contributed by atoms with E-state index in [4.69, 9.17) is 14.2 Å². The Labute approximate surface area is 124 Å². The van der Waals surface area contributed by atoms with Crippen LogP contribution in [0.4, 0.5) is 0 Å². The lowest BCUT2D eigenvalue weighted by Gasteiger charge is -2.41. The first kappa shape index (κ1) is 17.9. The number of nitrogens with one attached hydrogen (secondary N) is 1. The molecule has 1 N–H and O–H groups in total.